The van der Waals surface area contributed by atoms with Gasteiger partial charge in [0.05, 0.1) is 5.92 Å². The first-order valence-electron chi connectivity index (χ1n) is 6.98. The van der Waals surface area contributed by atoms with E-state index in [1.54, 1.807) is 12.1 Å². The van der Waals surface area contributed by atoms with Gasteiger partial charge in [-0.15, -0.1) is 0 Å². The maximum atomic E-state index is 11.1. The topological polar surface area (TPSA) is 75.8 Å². The fourth-order valence-corrected chi connectivity index (χ4v) is 2.59. The van der Waals surface area contributed by atoms with Gasteiger partial charge in [-0.2, -0.15) is 0 Å². The minimum Gasteiger partial charge on any atom is -0.489 e. The molecule has 1 aliphatic heterocycles. The Morgan fingerprint density at radius 3 is 3.05 bits per heavy atom. The molecule has 1 saturated heterocycles. The number of piperidine rings is 1. The zero-order valence-corrected chi connectivity index (χ0v) is 11.8. The third kappa shape index (κ3) is 3.71. The lowest BCUT2D eigenvalue weighted by Crippen LogP contribution is -2.38. The lowest BCUT2D eigenvalue weighted by atomic mass is 9.99. The SMILES string of the molecule is CN1CCCC(Oc2cccc(C(CN)C(=O)O)c2)C1. The molecule has 2 rings (SSSR count). The number of carboxylic acids is 1. The monoisotopic (exact) mass is 278 g/mol. The summed E-state index contributed by atoms with van der Waals surface area (Å²) in [5.74, 6) is -0.850. The van der Waals surface area contributed by atoms with Crippen molar-refractivity contribution in [2.24, 2.45) is 5.73 Å². The number of hydrogen-bond donors (Lipinski definition) is 2. The van der Waals surface area contributed by atoms with Gasteiger partial charge in [-0.05, 0) is 44.1 Å². The van der Waals surface area contributed by atoms with Crippen LogP contribution in [0.3, 0.4) is 0 Å². The van der Waals surface area contributed by atoms with Crippen LogP contribution in [0.4, 0.5) is 0 Å². The van der Waals surface area contributed by atoms with Gasteiger partial charge in [-0.3, -0.25) is 4.79 Å². The summed E-state index contributed by atoms with van der Waals surface area (Å²) >= 11 is 0. The summed E-state index contributed by atoms with van der Waals surface area (Å²) in [6.45, 7) is 2.10. The van der Waals surface area contributed by atoms with Crippen LogP contribution in [0.25, 0.3) is 0 Å². The summed E-state index contributed by atoms with van der Waals surface area (Å²) in [5, 5.41) is 9.15. The minimum absolute atomic E-state index is 0.0882. The molecule has 1 aromatic carbocycles. The average Bonchev–Trinajstić information content (AvgIpc) is 2.39. The summed E-state index contributed by atoms with van der Waals surface area (Å²) in [6, 6.07) is 7.27. The smallest absolute Gasteiger partial charge is 0.312 e. The Morgan fingerprint density at radius 2 is 2.40 bits per heavy atom. The van der Waals surface area contributed by atoms with Crippen LogP contribution in [-0.2, 0) is 4.79 Å². The van der Waals surface area contributed by atoms with Crippen molar-refractivity contribution in [3.8, 4) is 5.75 Å². The van der Waals surface area contributed by atoms with Gasteiger partial charge in [0.25, 0.3) is 0 Å². The molecule has 1 aliphatic rings. The predicted molar refractivity (Wildman–Crippen MR) is 77.0 cm³/mol. The Balaban J connectivity index is 2.07. The van der Waals surface area contributed by atoms with Gasteiger partial charge in [-0.25, -0.2) is 0 Å². The lowest BCUT2D eigenvalue weighted by molar-refractivity contribution is -0.138. The molecule has 0 amide bonds. The Labute approximate surface area is 119 Å². The van der Waals surface area contributed by atoms with Gasteiger partial charge in [0.2, 0.25) is 0 Å². The fraction of sp³-hybridized carbons (Fsp3) is 0.533. The fourth-order valence-electron chi connectivity index (χ4n) is 2.59. The van der Waals surface area contributed by atoms with E-state index in [0.717, 1.165) is 31.7 Å². The molecule has 0 aliphatic carbocycles. The molecule has 1 heterocycles. The Morgan fingerprint density at radius 1 is 1.60 bits per heavy atom. The first-order chi connectivity index (χ1) is 9.60. The molecule has 0 bridgehead atoms. The van der Waals surface area contributed by atoms with Crippen LogP contribution in [0.15, 0.2) is 24.3 Å². The van der Waals surface area contributed by atoms with E-state index < -0.39 is 11.9 Å². The maximum Gasteiger partial charge on any atom is 0.312 e. The van der Waals surface area contributed by atoms with Crippen molar-refractivity contribution in [1.29, 1.82) is 0 Å². The number of likely N-dealkylation sites (tertiary alicyclic amines) is 1. The van der Waals surface area contributed by atoms with Crippen LogP contribution >= 0.6 is 0 Å². The van der Waals surface area contributed by atoms with E-state index in [1.165, 1.54) is 0 Å². The quantitative estimate of drug-likeness (QED) is 0.848. The third-order valence-electron chi connectivity index (χ3n) is 3.68. The Bertz CT molecular complexity index is 464. The summed E-state index contributed by atoms with van der Waals surface area (Å²) in [7, 11) is 2.08. The highest BCUT2D eigenvalue weighted by molar-refractivity contribution is 5.76. The highest BCUT2D eigenvalue weighted by atomic mass is 16.5. The van der Waals surface area contributed by atoms with Gasteiger partial charge in [0.1, 0.15) is 11.9 Å². The van der Waals surface area contributed by atoms with Crippen LogP contribution in [0, 0.1) is 0 Å². The largest absolute Gasteiger partial charge is 0.489 e. The number of ether oxygens (including phenoxy) is 1. The molecule has 5 heteroatoms. The number of nitrogens with zero attached hydrogens (tertiary/aromatic N) is 1. The molecule has 3 N–H and O–H groups in total. The predicted octanol–water partition coefficient (Wildman–Crippen LogP) is 1.29. The molecule has 2 unspecified atom stereocenters. The standard InChI is InChI=1S/C15H22N2O3/c1-17-7-3-6-13(10-17)20-12-5-2-4-11(8-12)14(9-16)15(18)19/h2,4-5,8,13-14H,3,6-7,9-10,16H2,1H3,(H,18,19). The number of carbonyl (C=O) groups is 1. The average molecular weight is 278 g/mol. The van der Waals surface area contributed by atoms with Crippen molar-refractivity contribution in [2.75, 3.05) is 26.7 Å². The summed E-state index contributed by atoms with van der Waals surface area (Å²) < 4.78 is 5.97. The van der Waals surface area contributed by atoms with E-state index >= 15 is 0 Å². The molecular formula is C15H22N2O3. The van der Waals surface area contributed by atoms with Crippen LogP contribution in [0.5, 0.6) is 5.75 Å². The molecule has 0 aromatic heterocycles. The van der Waals surface area contributed by atoms with Crippen molar-refractivity contribution in [1.82, 2.24) is 4.90 Å². The van der Waals surface area contributed by atoms with Gasteiger partial charge < -0.3 is 20.5 Å². The Kier molecular flexibility index (Phi) is 4.98. The molecule has 1 aromatic rings. The zero-order chi connectivity index (χ0) is 14.5. The first-order valence-corrected chi connectivity index (χ1v) is 6.98. The number of aliphatic carboxylic acids is 1. The van der Waals surface area contributed by atoms with Crippen molar-refractivity contribution in [3.63, 3.8) is 0 Å². The van der Waals surface area contributed by atoms with Gasteiger partial charge in [-0.1, -0.05) is 12.1 Å². The van der Waals surface area contributed by atoms with Gasteiger partial charge in [0.15, 0.2) is 0 Å². The molecular weight excluding hydrogens is 256 g/mol. The second-order valence-corrected chi connectivity index (χ2v) is 5.34. The van der Waals surface area contributed by atoms with E-state index in [-0.39, 0.29) is 12.6 Å². The first kappa shape index (κ1) is 14.8. The van der Waals surface area contributed by atoms with Crippen molar-refractivity contribution >= 4 is 5.97 Å². The third-order valence-corrected chi connectivity index (χ3v) is 3.68. The summed E-state index contributed by atoms with van der Waals surface area (Å²) in [5.41, 5.74) is 6.23. The number of benzene rings is 1. The number of hydrogen-bond acceptors (Lipinski definition) is 4. The van der Waals surface area contributed by atoms with E-state index in [0.29, 0.717) is 5.56 Å². The van der Waals surface area contributed by atoms with E-state index in [4.69, 9.17) is 15.6 Å². The van der Waals surface area contributed by atoms with E-state index in [1.807, 2.05) is 12.1 Å². The number of rotatable bonds is 5. The number of nitrogens with two attached hydrogens (primary N) is 1. The van der Waals surface area contributed by atoms with Crippen molar-refractivity contribution in [3.05, 3.63) is 29.8 Å². The molecule has 1 fully saturated rings. The van der Waals surface area contributed by atoms with E-state index in [9.17, 15) is 4.79 Å². The number of likely N-dealkylation sites (N-methyl/N-ethyl adjacent to an activating group) is 1. The number of carboxylic acid groups (broad SMARTS) is 1. The van der Waals surface area contributed by atoms with Crippen LogP contribution in [-0.4, -0.2) is 48.8 Å². The minimum atomic E-state index is -0.901. The molecule has 0 saturated carbocycles. The molecule has 0 spiro atoms. The molecule has 5 nitrogen and oxygen atoms in total. The highest BCUT2D eigenvalue weighted by Gasteiger charge is 2.21. The van der Waals surface area contributed by atoms with Crippen LogP contribution in [0.2, 0.25) is 0 Å². The second kappa shape index (κ2) is 6.72. The van der Waals surface area contributed by atoms with Crippen molar-refractivity contribution in [2.45, 2.75) is 24.9 Å². The molecule has 2 atom stereocenters. The molecule has 20 heavy (non-hydrogen) atoms. The van der Waals surface area contributed by atoms with Crippen LogP contribution in [0.1, 0.15) is 24.3 Å². The Hall–Kier alpha value is -1.59. The summed E-state index contributed by atoms with van der Waals surface area (Å²) in [6.07, 6.45) is 2.33. The van der Waals surface area contributed by atoms with E-state index in [2.05, 4.69) is 11.9 Å². The molecule has 110 valence electrons. The zero-order valence-electron chi connectivity index (χ0n) is 11.8. The normalized spacial score (nSPS) is 21.4. The maximum absolute atomic E-state index is 11.1. The summed E-state index contributed by atoms with van der Waals surface area (Å²) in [4.78, 5) is 13.4. The second-order valence-electron chi connectivity index (χ2n) is 5.34. The van der Waals surface area contributed by atoms with Crippen LogP contribution < -0.4 is 10.5 Å². The molecule has 0 radical (unpaired) electrons. The van der Waals surface area contributed by atoms with Crippen molar-refractivity contribution < 1.29 is 14.6 Å². The van der Waals surface area contributed by atoms with Gasteiger partial charge in [0, 0.05) is 13.1 Å². The van der Waals surface area contributed by atoms with Gasteiger partial charge >= 0.3 is 5.97 Å². The lowest BCUT2D eigenvalue weighted by Gasteiger charge is -2.30. The highest BCUT2D eigenvalue weighted by Crippen LogP contribution is 2.23.